The van der Waals surface area contributed by atoms with Crippen LogP contribution in [0.15, 0.2) is 66.7 Å². The van der Waals surface area contributed by atoms with E-state index in [-0.39, 0.29) is 11.7 Å². The molecule has 1 fully saturated rings. The lowest BCUT2D eigenvalue weighted by atomic mass is 10.1. The summed E-state index contributed by atoms with van der Waals surface area (Å²) in [5.41, 5.74) is 1.76. The second kappa shape index (κ2) is 11.6. The van der Waals surface area contributed by atoms with Crippen LogP contribution in [0, 0.1) is 11.6 Å². The van der Waals surface area contributed by atoms with Gasteiger partial charge in [0.05, 0.1) is 25.4 Å². The fourth-order valence-corrected chi connectivity index (χ4v) is 4.22. The highest BCUT2D eigenvalue weighted by Crippen LogP contribution is 2.24. The first kappa shape index (κ1) is 25.1. The first-order chi connectivity index (χ1) is 16.9. The van der Waals surface area contributed by atoms with Crippen molar-refractivity contribution in [2.45, 2.75) is 12.7 Å². The number of carbonyl (C=O) groups excluding carboxylic acids is 1. The van der Waals surface area contributed by atoms with E-state index in [9.17, 15) is 13.6 Å². The summed E-state index contributed by atoms with van der Waals surface area (Å²) in [7, 11) is 1.63. The second-order valence-corrected chi connectivity index (χ2v) is 8.86. The highest BCUT2D eigenvalue weighted by Gasteiger charge is 2.26. The van der Waals surface area contributed by atoms with E-state index in [1.54, 1.807) is 12.0 Å². The SMILES string of the molecule is COc1cccc(CO[C@@H](CN2CCN(C(=O)c3cc(F)ccc3F)CC2)c2ccc(Cl)cc2)c1. The van der Waals surface area contributed by atoms with Gasteiger partial charge in [0.1, 0.15) is 17.4 Å². The molecule has 0 saturated carbocycles. The van der Waals surface area contributed by atoms with Crippen LogP contribution in [0.2, 0.25) is 5.02 Å². The Morgan fingerprint density at radius 3 is 2.46 bits per heavy atom. The van der Waals surface area contributed by atoms with Gasteiger partial charge in [0.2, 0.25) is 0 Å². The van der Waals surface area contributed by atoms with Crippen molar-refractivity contribution in [3.05, 3.63) is 100 Å². The standard InChI is InChI=1S/C27H27ClF2N2O3/c1-34-23-4-2-3-19(15-23)18-35-26(20-5-7-21(28)8-6-20)17-31-11-13-32(14-12-31)27(33)24-16-22(29)9-10-25(24)30/h2-10,15-16,26H,11-14,17-18H2,1H3/t26-/m0/s1. The summed E-state index contributed by atoms with van der Waals surface area (Å²) in [6.07, 6.45) is -0.221. The molecule has 0 spiro atoms. The Labute approximate surface area is 208 Å². The van der Waals surface area contributed by atoms with Crippen LogP contribution < -0.4 is 4.74 Å². The number of hydrogen-bond acceptors (Lipinski definition) is 4. The zero-order valence-electron chi connectivity index (χ0n) is 19.4. The van der Waals surface area contributed by atoms with Gasteiger partial charge in [-0.25, -0.2) is 8.78 Å². The van der Waals surface area contributed by atoms with Crippen LogP contribution in [-0.4, -0.2) is 55.5 Å². The fourth-order valence-electron chi connectivity index (χ4n) is 4.09. The van der Waals surface area contributed by atoms with Crippen molar-refractivity contribution in [1.82, 2.24) is 9.80 Å². The summed E-state index contributed by atoms with van der Waals surface area (Å²) in [5.74, 6) is -1.07. The van der Waals surface area contributed by atoms with Crippen molar-refractivity contribution < 1.29 is 23.0 Å². The average molecular weight is 501 g/mol. The van der Waals surface area contributed by atoms with Gasteiger partial charge in [0, 0.05) is 37.7 Å². The van der Waals surface area contributed by atoms with Crippen molar-refractivity contribution >= 4 is 17.5 Å². The molecule has 0 unspecified atom stereocenters. The monoisotopic (exact) mass is 500 g/mol. The molecule has 1 amide bonds. The van der Waals surface area contributed by atoms with Crippen molar-refractivity contribution in [3.63, 3.8) is 0 Å². The number of benzene rings is 3. The number of amides is 1. The van der Waals surface area contributed by atoms with E-state index in [0.717, 1.165) is 35.1 Å². The number of piperazine rings is 1. The topological polar surface area (TPSA) is 42.0 Å². The van der Waals surface area contributed by atoms with E-state index in [1.807, 2.05) is 48.5 Å². The molecular formula is C27H27ClF2N2O3. The van der Waals surface area contributed by atoms with Gasteiger partial charge in [0.25, 0.3) is 5.91 Å². The Hall–Kier alpha value is -3.00. The van der Waals surface area contributed by atoms with Gasteiger partial charge in [0.15, 0.2) is 0 Å². The molecular weight excluding hydrogens is 474 g/mol. The Morgan fingerprint density at radius 1 is 1.00 bits per heavy atom. The molecule has 1 heterocycles. The van der Waals surface area contributed by atoms with Crippen LogP contribution in [0.3, 0.4) is 0 Å². The summed E-state index contributed by atoms with van der Waals surface area (Å²) in [6.45, 7) is 3.03. The minimum atomic E-state index is -0.715. The first-order valence-corrected chi connectivity index (χ1v) is 11.8. The summed E-state index contributed by atoms with van der Waals surface area (Å²) >= 11 is 6.08. The lowest BCUT2D eigenvalue weighted by molar-refractivity contribution is 0.00333. The summed E-state index contributed by atoms with van der Waals surface area (Å²) in [4.78, 5) is 16.5. The molecule has 1 aliphatic heterocycles. The van der Waals surface area contributed by atoms with Crippen molar-refractivity contribution in [1.29, 1.82) is 0 Å². The maximum absolute atomic E-state index is 14.1. The Morgan fingerprint density at radius 2 is 1.74 bits per heavy atom. The highest BCUT2D eigenvalue weighted by atomic mass is 35.5. The van der Waals surface area contributed by atoms with E-state index in [2.05, 4.69) is 4.90 Å². The molecule has 1 atom stereocenters. The summed E-state index contributed by atoms with van der Waals surface area (Å²) in [6, 6.07) is 18.2. The maximum Gasteiger partial charge on any atom is 0.257 e. The molecule has 3 aromatic rings. The number of nitrogens with zero attached hydrogens (tertiary/aromatic N) is 2. The van der Waals surface area contributed by atoms with Crippen LogP contribution in [0.4, 0.5) is 8.78 Å². The molecule has 35 heavy (non-hydrogen) atoms. The molecule has 0 N–H and O–H groups in total. The molecule has 0 aromatic heterocycles. The minimum Gasteiger partial charge on any atom is -0.497 e. The molecule has 3 aromatic carbocycles. The van der Waals surface area contributed by atoms with Crippen LogP contribution in [0.25, 0.3) is 0 Å². The van der Waals surface area contributed by atoms with Gasteiger partial charge >= 0.3 is 0 Å². The third kappa shape index (κ3) is 6.57. The van der Waals surface area contributed by atoms with Gasteiger partial charge < -0.3 is 14.4 Å². The molecule has 0 aliphatic carbocycles. The van der Waals surface area contributed by atoms with Crippen molar-refractivity contribution in [3.8, 4) is 5.75 Å². The van der Waals surface area contributed by atoms with E-state index in [1.165, 1.54) is 0 Å². The van der Waals surface area contributed by atoms with Crippen LogP contribution in [-0.2, 0) is 11.3 Å². The number of rotatable bonds is 8. The summed E-state index contributed by atoms with van der Waals surface area (Å²) < 4.78 is 39.2. The third-order valence-electron chi connectivity index (χ3n) is 6.07. The summed E-state index contributed by atoms with van der Waals surface area (Å²) in [5, 5.41) is 0.650. The molecule has 184 valence electrons. The molecule has 1 saturated heterocycles. The second-order valence-electron chi connectivity index (χ2n) is 8.42. The molecule has 0 bridgehead atoms. The zero-order chi connectivity index (χ0) is 24.8. The normalized spacial score (nSPS) is 15.1. The maximum atomic E-state index is 14.1. The Kier molecular flexibility index (Phi) is 8.33. The molecule has 0 radical (unpaired) electrons. The van der Waals surface area contributed by atoms with Crippen LogP contribution in [0.5, 0.6) is 5.75 Å². The largest absolute Gasteiger partial charge is 0.497 e. The van der Waals surface area contributed by atoms with Crippen molar-refractivity contribution in [2.24, 2.45) is 0 Å². The van der Waals surface area contributed by atoms with Gasteiger partial charge in [-0.3, -0.25) is 9.69 Å². The van der Waals surface area contributed by atoms with Crippen molar-refractivity contribution in [2.75, 3.05) is 39.8 Å². The minimum absolute atomic E-state index is 0.221. The first-order valence-electron chi connectivity index (χ1n) is 11.4. The quantitative estimate of drug-likeness (QED) is 0.418. The van der Waals surface area contributed by atoms with Gasteiger partial charge in [-0.05, 0) is 53.6 Å². The zero-order valence-corrected chi connectivity index (χ0v) is 20.2. The number of methoxy groups -OCH3 is 1. The van der Waals surface area contributed by atoms with Crippen LogP contribution in [0.1, 0.15) is 27.6 Å². The Bertz CT molecular complexity index is 1150. The van der Waals surface area contributed by atoms with E-state index >= 15 is 0 Å². The van der Waals surface area contributed by atoms with E-state index in [4.69, 9.17) is 21.1 Å². The van der Waals surface area contributed by atoms with E-state index in [0.29, 0.717) is 44.4 Å². The smallest absolute Gasteiger partial charge is 0.257 e. The molecule has 8 heteroatoms. The van der Waals surface area contributed by atoms with Gasteiger partial charge in [-0.2, -0.15) is 0 Å². The van der Waals surface area contributed by atoms with Gasteiger partial charge in [-0.1, -0.05) is 35.9 Å². The van der Waals surface area contributed by atoms with E-state index < -0.39 is 17.5 Å². The lowest BCUT2D eigenvalue weighted by Gasteiger charge is -2.36. The highest BCUT2D eigenvalue weighted by molar-refractivity contribution is 6.30. The number of carbonyl (C=O) groups is 1. The predicted molar refractivity (Wildman–Crippen MR) is 131 cm³/mol. The number of halogens is 3. The van der Waals surface area contributed by atoms with Crippen LogP contribution >= 0.6 is 11.6 Å². The number of ether oxygens (including phenoxy) is 2. The average Bonchev–Trinajstić information content (AvgIpc) is 2.88. The van der Waals surface area contributed by atoms with Gasteiger partial charge in [-0.15, -0.1) is 0 Å². The Balaban J connectivity index is 1.40. The fraction of sp³-hybridized carbons (Fsp3) is 0.296. The third-order valence-corrected chi connectivity index (χ3v) is 6.32. The number of hydrogen-bond donors (Lipinski definition) is 0. The molecule has 5 nitrogen and oxygen atoms in total. The molecule has 1 aliphatic rings. The molecule has 4 rings (SSSR count). The predicted octanol–water partition coefficient (Wildman–Crippen LogP) is 5.34. The lowest BCUT2D eigenvalue weighted by Crippen LogP contribution is -2.49.